The summed E-state index contributed by atoms with van der Waals surface area (Å²) < 4.78 is 11.4. The molecule has 0 aliphatic carbocycles. The molecule has 1 aromatic carbocycles. The zero-order chi connectivity index (χ0) is 13.3. The monoisotopic (exact) mass is 266 g/mol. The second kappa shape index (κ2) is 4.64. The van der Waals surface area contributed by atoms with Crippen molar-refractivity contribution in [2.45, 2.75) is 32.0 Å². The highest BCUT2D eigenvalue weighted by Gasteiger charge is 2.27. The van der Waals surface area contributed by atoms with E-state index in [0.29, 0.717) is 6.61 Å². The van der Waals surface area contributed by atoms with Gasteiger partial charge in [0.25, 0.3) is 0 Å². The van der Waals surface area contributed by atoms with Crippen LogP contribution in [0.15, 0.2) is 18.2 Å². The summed E-state index contributed by atoms with van der Waals surface area (Å²) in [7, 11) is -1.62. The lowest BCUT2D eigenvalue weighted by Gasteiger charge is -2.19. The first kappa shape index (κ1) is 13.0. The van der Waals surface area contributed by atoms with Crippen LogP contribution in [-0.2, 0) is 4.79 Å². The first-order valence-corrected chi connectivity index (χ1v) is 9.43. The van der Waals surface area contributed by atoms with Crippen molar-refractivity contribution in [2.24, 2.45) is 0 Å². The quantitative estimate of drug-likeness (QED) is 0.851. The maximum Gasteiger partial charge on any atom is 0.304 e. The maximum atomic E-state index is 10.7. The van der Waals surface area contributed by atoms with Gasteiger partial charge in [0.05, 0.1) is 13.0 Å². The van der Waals surface area contributed by atoms with Crippen molar-refractivity contribution in [3.05, 3.63) is 23.8 Å². The molecule has 1 heterocycles. The van der Waals surface area contributed by atoms with E-state index in [4.69, 9.17) is 14.3 Å². The highest BCUT2D eigenvalue weighted by Crippen LogP contribution is 2.38. The predicted octanol–water partition coefficient (Wildman–Crippen LogP) is 2.85. The Morgan fingerprint density at radius 3 is 2.83 bits per heavy atom. The Morgan fingerprint density at radius 2 is 2.22 bits per heavy atom. The van der Waals surface area contributed by atoms with Crippen LogP contribution in [0.1, 0.15) is 17.9 Å². The molecule has 0 spiro atoms. The fraction of sp³-hybridized carbons (Fsp3) is 0.462. The van der Waals surface area contributed by atoms with Crippen LogP contribution in [0.25, 0.3) is 0 Å². The van der Waals surface area contributed by atoms with Gasteiger partial charge in [-0.3, -0.25) is 4.79 Å². The van der Waals surface area contributed by atoms with Crippen molar-refractivity contribution >= 4 is 14.3 Å². The van der Waals surface area contributed by atoms with Crippen molar-refractivity contribution < 1.29 is 19.1 Å². The van der Waals surface area contributed by atoms with E-state index in [1.54, 1.807) is 0 Å². The average Bonchev–Trinajstić information content (AvgIpc) is 2.57. The second-order valence-corrected chi connectivity index (χ2v) is 9.95. The summed E-state index contributed by atoms with van der Waals surface area (Å²) in [4.78, 5) is 10.7. The fourth-order valence-corrected chi connectivity index (χ4v) is 2.89. The molecule has 5 heteroatoms. The molecule has 0 aromatic heterocycles. The van der Waals surface area contributed by atoms with E-state index in [1.165, 1.54) is 0 Å². The topological polar surface area (TPSA) is 55.8 Å². The van der Waals surface area contributed by atoms with Crippen LogP contribution in [0.2, 0.25) is 19.6 Å². The van der Waals surface area contributed by atoms with Gasteiger partial charge in [-0.25, -0.2) is 0 Å². The van der Waals surface area contributed by atoms with E-state index < -0.39 is 14.3 Å². The SMILES string of the molecule is C[Si](C)(C)Oc1ccc2c(c1)OCC2CC(=O)O. The molecular formula is C13H18O4Si. The first-order valence-electron chi connectivity index (χ1n) is 6.03. The summed E-state index contributed by atoms with van der Waals surface area (Å²) in [6.07, 6.45) is 0.112. The fourth-order valence-electron chi connectivity index (χ4n) is 2.05. The average molecular weight is 266 g/mol. The molecule has 1 N–H and O–H groups in total. The molecule has 0 saturated heterocycles. The molecule has 2 rings (SSSR count). The van der Waals surface area contributed by atoms with Crippen molar-refractivity contribution in [3.63, 3.8) is 0 Å². The Kier molecular flexibility index (Phi) is 3.34. The number of carbonyl (C=O) groups is 1. The number of carboxylic acids is 1. The van der Waals surface area contributed by atoms with Crippen LogP contribution in [0.4, 0.5) is 0 Å². The number of hydrogen-bond donors (Lipinski definition) is 1. The normalized spacial score (nSPS) is 18.1. The summed E-state index contributed by atoms with van der Waals surface area (Å²) >= 11 is 0. The van der Waals surface area contributed by atoms with Crippen molar-refractivity contribution in [1.82, 2.24) is 0 Å². The third-order valence-corrected chi connectivity index (χ3v) is 3.56. The molecule has 98 valence electrons. The Balaban J connectivity index is 2.17. The number of hydrogen-bond acceptors (Lipinski definition) is 3. The van der Waals surface area contributed by atoms with Crippen LogP contribution in [0.5, 0.6) is 11.5 Å². The minimum absolute atomic E-state index is 0.0431. The summed E-state index contributed by atoms with van der Waals surface area (Å²) in [6.45, 7) is 6.80. The van der Waals surface area contributed by atoms with E-state index in [2.05, 4.69) is 19.6 Å². The van der Waals surface area contributed by atoms with E-state index >= 15 is 0 Å². The zero-order valence-electron chi connectivity index (χ0n) is 10.9. The Morgan fingerprint density at radius 1 is 1.50 bits per heavy atom. The minimum Gasteiger partial charge on any atom is -0.544 e. The van der Waals surface area contributed by atoms with Crippen LogP contribution >= 0.6 is 0 Å². The molecule has 18 heavy (non-hydrogen) atoms. The van der Waals surface area contributed by atoms with Gasteiger partial charge in [0.15, 0.2) is 0 Å². The van der Waals surface area contributed by atoms with Gasteiger partial charge in [-0.05, 0) is 25.7 Å². The summed E-state index contributed by atoms with van der Waals surface area (Å²) in [5, 5.41) is 8.83. The molecule has 1 atom stereocenters. The van der Waals surface area contributed by atoms with Crippen molar-refractivity contribution in [2.75, 3.05) is 6.61 Å². The van der Waals surface area contributed by atoms with Gasteiger partial charge in [0, 0.05) is 17.5 Å². The van der Waals surface area contributed by atoms with Gasteiger partial charge in [-0.1, -0.05) is 6.07 Å². The van der Waals surface area contributed by atoms with Crippen molar-refractivity contribution in [3.8, 4) is 11.5 Å². The number of aliphatic carboxylic acids is 1. The summed E-state index contributed by atoms with van der Waals surface area (Å²) in [5.74, 6) is 0.734. The number of fused-ring (bicyclic) bond motifs is 1. The van der Waals surface area contributed by atoms with E-state index in [9.17, 15) is 4.79 Å². The number of ether oxygens (including phenoxy) is 1. The Labute approximate surface area is 108 Å². The highest BCUT2D eigenvalue weighted by atomic mass is 28.4. The molecule has 0 bridgehead atoms. The standard InChI is InChI=1S/C13H18O4Si/c1-18(2,3)17-10-4-5-11-9(6-13(14)15)8-16-12(11)7-10/h4-5,7,9H,6,8H2,1-3H3,(H,14,15). The van der Waals surface area contributed by atoms with Crippen LogP contribution in [0.3, 0.4) is 0 Å². The summed E-state index contributed by atoms with van der Waals surface area (Å²) in [5.41, 5.74) is 0.973. The summed E-state index contributed by atoms with van der Waals surface area (Å²) in [6, 6.07) is 5.70. The first-order chi connectivity index (χ1) is 8.35. The Bertz CT molecular complexity index is 465. The van der Waals surface area contributed by atoms with E-state index in [-0.39, 0.29) is 12.3 Å². The zero-order valence-corrected chi connectivity index (χ0v) is 11.9. The third-order valence-electron chi connectivity index (χ3n) is 2.71. The lowest BCUT2D eigenvalue weighted by Crippen LogP contribution is -2.29. The van der Waals surface area contributed by atoms with Crippen LogP contribution in [-0.4, -0.2) is 26.0 Å². The molecule has 1 unspecified atom stereocenters. The number of rotatable bonds is 4. The largest absolute Gasteiger partial charge is 0.544 e. The molecule has 0 radical (unpaired) electrons. The van der Waals surface area contributed by atoms with Crippen LogP contribution in [0, 0.1) is 0 Å². The molecule has 4 nitrogen and oxygen atoms in total. The second-order valence-electron chi connectivity index (χ2n) is 5.52. The molecule has 0 saturated carbocycles. The highest BCUT2D eigenvalue weighted by molar-refractivity contribution is 6.70. The molecule has 0 fully saturated rings. The van der Waals surface area contributed by atoms with Gasteiger partial charge >= 0.3 is 5.97 Å². The number of benzene rings is 1. The smallest absolute Gasteiger partial charge is 0.304 e. The Hall–Kier alpha value is -1.49. The van der Waals surface area contributed by atoms with Crippen LogP contribution < -0.4 is 9.16 Å². The predicted molar refractivity (Wildman–Crippen MR) is 70.9 cm³/mol. The lowest BCUT2D eigenvalue weighted by molar-refractivity contribution is -0.137. The van der Waals surface area contributed by atoms with Gasteiger partial charge < -0.3 is 14.3 Å². The molecular weight excluding hydrogens is 248 g/mol. The third kappa shape index (κ3) is 3.04. The minimum atomic E-state index is -1.62. The molecule has 1 aromatic rings. The number of carboxylic acid groups (broad SMARTS) is 1. The molecule has 0 amide bonds. The molecule has 1 aliphatic rings. The van der Waals surface area contributed by atoms with Gasteiger partial charge in [-0.2, -0.15) is 0 Å². The lowest BCUT2D eigenvalue weighted by atomic mass is 9.98. The van der Waals surface area contributed by atoms with Gasteiger partial charge in [0.2, 0.25) is 8.32 Å². The van der Waals surface area contributed by atoms with Gasteiger partial charge in [0.1, 0.15) is 11.5 Å². The van der Waals surface area contributed by atoms with E-state index in [0.717, 1.165) is 17.1 Å². The molecule has 1 aliphatic heterocycles. The van der Waals surface area contributed by atoms with Crippen molar-refractivity contribution in [1.29, 1.82) is 0 Å². The maximum absolute atomic E-state index is 10.7. The van der Waals surface area contributed by atoms with E-state index in [1.807, 2.05) is 18.2 Å². The van der Waals surface area contributed by atoms with Gasteiger partial charge in [-0.15, -0.1) is 0 Å².